The van der Waals surface area contributed by atoms with E-state index in [1.807, 2.05) is 24.3 Å². The zero-order chi connectivity index (χ0) is 13.4. The number of hydrogen-bond acceptors (Lipinski definition) is 4. The van der Waals surface area contributed by atoms with Crippen LogP contribution in [0.5, 0.6) is 5.75 Å². The molecule has 0 saturated carbocycles. The number of alkyl carbamates (subject to hydrolysis) is 1. The molecular weight excluding hydrogens is 252 g/mol. The third kappa shape index (κ3) is 4.58. The largest absolute Gasteiger partial charge is 0.496 e. The van der Waals surface area contributed by atoms with Gasteiger partial charge in [0.2, 0.25) is 0 Å². The van der Waals surface area contributed by atoms with Crippen molar-refractivity contribution in [3.8, 4) is 5.75 Å². The van der Waals surface area contributed by atoms with Gasteiger partial charge in [0.05, 0.1) is 14.2 Å². The number of thiocarbonyl (C=S) groups is 1. The van der Waals surface area contributed by atoms with E-state index in [0.717, 1.165) is 17.7 Å². The normalized spacial score (nSPS) is 9.44. The van der Waals surface area contributed by atoms with Gasteiger partial charge in [0, 0.05) is 6.54 Å². The Morgan fingerprint density at radius 2 is 2.06 bits per heavy atom. The van der Waals surface area contributed by atoms with Crippen molar-refractivity contribution in [3.63, 3.8) is 0 Å². The van der Waals surface area contributed by atoms with Gasteiger partial charge in [-0.1, -0.05) is 18.2 Å². The predicted octanol–water partition coefficient (Wildman–Crippen LogP) is 1.47. The number of ether oxygens (including phenoxy) is 2. The first-order chi connectivity index (χ1) is 8.67. The number of nitrogens with one attached hydrogen (secondary N) is 2. The smallest absolute Gasteiger partial charge is 0.413 e. The maximum Gasteiger partial charge on any atom is 0.413 e. The lowest BCUT2D eigenvalue weighted by Crippen LogP contribution is -2.39. The highest BCUT2D eigenvalue weighted by molar-refractivity contribution is 7.80. The Morgan fingerprint density at radius 3 is 2.72 bits per heavy atom. The van der Waals surface area contributed by atoms with Crippen molar-refractivity contribution in [1.29, 1.82) is 0 Å². The fraction of sp³-hybridized carbons (Fsp3) is 0.333. The molecule has 6 heteroatoms. The molecule has 0 spiro atoms. The van der Waals surface area contributed by atoms with E-state index >= 15 is 0 Å². The van der Waals surface area contributed by atoms with Crippen molar-refractivity contribution >= 4 is 23.4 Å². The molecule has 1 aromatic rings. The van der Waals surface area contributed by atoms with Gasteiger partial charge in [-0.05, 0) is 30.3 Å². The van der Waals surface area contributed by atoms with Crippen molar-refractivity contribution in [1.82, 2.24) is 10.6 Å². The van der Waals surface area contributed by atoms with Crippen LogP contribution in [0.2, 0.25) is 0 Å². The van der Waals surface area contributed by atoms with E-state index in [9.17, 15) is 4.79 Å². The van der Waals surface area contributed by atoms with Gasteiger partial charge >= 0.3 is 6.09 Å². The van der Waals surface area contributed by atoms with Crippen LogP contribution in [0.25, 0.3) is 0 Å². The molecule has 5 nitrogen and oxygen atoms in total. The number of carbonyl (C=O) groups excluding carboxylic acids is 1. The summed E-state index contributed by atoms with van der Waals surface area (Å²) in [5.41, 5.74) is 1.08. The molecule has 0 bridgehead atoms. The van der Waals surface area contributed by atoms with Gasteiger partial charge in [0.25, 0.3) is 0 Å². The molecule has 2 N–H and O–H groups in total. The highest BCUT2D eigenvalue weighted by Gasteiger charge is 2.04. The molecule has 0 heterocycles. The molecule has 1 rings (SSSR count). The second-order valence-electron chi connectivity index (χ2n) is 3.43. The molecule has 0 aliphatic heterocycles. The number of methoxy groups -OCH3 is 2. The monoisotopic (exact) mass is 268 g/mol. The minimum absolute atomic E-state index is 0.247. The van der Waals surface area contributed by atoms with Gasteiger partial charge in [-0.15, -0.1) is 0 Å². The Balaban J connectivity index is 2.37. The van der Waals surface area contributed by atoms with E-state index in [1.165, 1.54) is 7.11 Å². The number of carbonyl (C=O) groups is 1. The summed E-state index contributed by atoms with van der Waals surface area (Å²) in [7, 11) is 2.92. The molecule has 1 amide bonds. The fourth-order valence-electron chi connectivity index (χ4n) is 1.41. The van der Waals surface area contributed by atoms with E-state index in [0.29, 0.717) is 6.54 Å². The number of para-hydroxylation sites is 1. The number of benzene rings is 1. The SMILES string of the molecule is COC(=O)NC(=S)NCCc1ccccc1OC. The molecule has 0 aromatic heterocycles. The average Bonchev–Trinajstić information content (AvgIpc) is 2.39. The second-order valence-corrected chi connectivity index (χ2v) is 3.84. The highest BCUT2D eigenvalue weighted by Crippen LogP contribution is 2.17. The molecule has 0 aliphatic carbocycles. The summed E-state index contributed by atoms with van der Waals surface area (Å²) in [4.78, 5) is 10.9. The van der Waals surface area contributed by atoms with E-state index < -0.39 is 6.09 Å². The molecular formula is C12H16N2O3S. The number of rotatable bonds is 4. The second kappa shape index (κ2) is 7.50. The van der Waals surface area contributed by atoms with Crippen molar-refractivity contribution in [2.45, 2.75) is 6.42 Å². The van der Waals surface area contributed by atoms with Crippen LogP contribution in [0.4, 0.5) is 4.79 Å². The van der Waals surface area contributed by atoms with Crippen molar-refractivity contribution in [2.75, 3.05) is 20.8 Å². The van der Waals surface area contributed by atoms with Crippen LogP contribution in [-0.4, -0.2) is 32.0 Å². The average molecular weight is 268 g/mol. The Morgan fingerprint density at radius 1 is 1.33 bits per heavy atom. The molecule has 18 heavy (non-hydrogen) atoms. The lowest BCUT2D eigenvalue weighted by Gasteiger charge is -2.10. The Kier molecular flexibility index (Phi) is 5.93. The van der Waals surface area contributed by atoms with E-state index in [2.05, 4.69) is 15.4 Å². The molecule has 0 radical (unpaired) electrons. The summed E-state index contributed by atoms with van der Waals surface area (Å²) in [5, 5.41) is 5.53. The number of hydrogen-bond donors (Lipinski definition) is 2. The maximum atomic E-state index is 10.9. The summed E-state index contributed by atoms with van der Waals surface area (Å²) in [6.07, 6.45) is 0.164. The molecule has 0 aliphatic rings. The van der Waals surface area contributed by atoms with Crippen LogP contribution in [0, 0.1) is 0 Å². The summed E-state index contributed by atoms with van der Waals surface area (Å²) >= 11 is 4.92. The molecule has 0 saturated heterocycles. The Bertz CT molecular complexity index is 424. The molecule has 0 fully saturated rings. The van der Waals surface area contributed by atoms with Crippen molar-refractivity contribution < 1.29 is 14.3 Å². The third-order valence-corrected chi connectivity index (χ3v) is 2.52. The lowest BCUT2D eigenvalue weighted by atomic mass is 10.1. The van der Waals surface area contributed by atoms with Crippen LogP contribution in [0.3, 0.4) is 0 Å². The molecule has 98 valence electrons. The minimum Gasteiger partial charge on any atom is -0.496 e. The minimum atomic E-state index is -0.579. The first kappa shape index (κ1) is 14.2. The van der Waals surface area contributed by atoms with E-state index in [1.54, 1.807) is 7.11 Å². The topological polar surface area (TPSA) is 59.6 Å². The Labute approximate surface area is 111 Å². The van der Waals surface area contributed by atoms with Crippen LogP contribution in [0.1, 0.15) is 5.56 Å². The maximum absolute atomic E-state index is 10.9. The summed E-state index contributed by atoms with van der Waals surface area (Å²) in [6.45, 7) is 0.600. The first-order valence-corrected chi connectivity index (χ1v) is 5.83. The molecule has 0 atom stereocenters. The zero-order valence-corrected chi connectivity index (χ0v) is 11.2. The van der Waals surface area contributed by atoms with Crippen molar-refractivity contribution in [2.24, 2.45) is 0 Å². The summed E-state index contributed by atoms with van der Waals surface area (Å²) < 4.78 is 9.66. The summed E-state index contributed by atoms with van der Waals surface area (Å²) in [6, 6.07) is 7.75. The van der Waals surface area contributed by atoms with Gasteiger partial charge in [-0.3, -0.25) is 5.32 Å². The summed E-state index contributed by atoms with van der Waals surface area (Å²) in [5.74, 6) is 0.839. The van der Waals surface area contributed by atoms with Gasteiger partial charge < -0.3 is 14.8 Å². The standard InChI is InChI=1S/C12H16N2O3S/c1-16-10-6-4-3-5-9(10)7-8-13-11(18)14-12(15)17-2/h3-6H,7-8H2,1-2H3,(H2,13,14,15,18). The van der Waals surface area contributed by atoms with Crippen LogP contribution < -0.4 is 15.4 Å². The van der Waals surface area contributed by atoms with Crippen LogP contribution >= 0.6 is 12.2 Å². The molecule has 0 unspecified atom stereocenters. The van der Waals surface area contributed by atoms with Gasteiger partial charge in [-0.25, -0.2) is 4.79 Å². The van der Waals surface area contributed by atoms with Gasteiger partial charge in [-0.2, -0.15) is 0 Å². The van der Waals surface area contributed by atoms with Crippen molar-refractivity contribution in [3.05, 3.63) is 29.8 Å². The quantitative estimate of drug-likeness (QED) is 0.810. The van der Waals surface area contributed by atoms with E-state index in [-0.39, 0.29) is 5.11 Å². The van der Waals surface area contributed by atoms with Gasteiger partial charge in [0.15, 0.2) is 5.11 Å². The highest BCUT2D eigenvalue weighted by atomic mass is 32.1. The first-order valence-electron chi connectivity index (χ1n) is 5.42. The van der Waals surface area contributed by atoms with E-state index in [4.69, 9.17) is 17.0 Å². The van der Waals surface area contributed by atoms with Gasteiger partial charge in [0.1, 0.15) is 5.75 Å². The predicted molar refractivity (Wildman–Crippen MR) is 72.8 cm³/mol. The van der Waals surface area contributed by atoms with Crippen LogP contribution in [-0.2, 0) is 11.2 Å². The fourth-order valence-corrected chi connectivity index (χ4v) is 1.59. The Hall–Kier alpha value is -1.82. The molecule has 1 aromatic carbocycles. The third-order valence-electron chi connectivity index (χ3n) is 2.27. The van der Waals surface area contributed by atoms with Crippen LogP contribution in [0.15, 0.2) is 24.3 Å². The lowest BCUT2D eigenvalue weighted by molar-refractivity contribution is 0.176. The number of amides is 1. The zero-order valence-electron chi connectivity index (χ0n) is 10.4.